The van der Waals surface area contributed by atoms with Gasteiger partial charge in [-0.15, -0.1) is 0 Å². The zero-order valence-electron chi connectivity index (χ0n) is 16.1. The minimum atomic E-state index is -0.996. The van der Waals surface area contributed by atoms with Gasteiger partial charge in [-0.3, -0.25) is 9.69 Å². The molecule has 2 aliphatic rings. The highest BCUT2D eigenvalue weighted by Crippen LogP contribution is 2.39. The van der Waals surface area contributed by atoms with Gasteiger partial charge in [0.1, 0.15) is 5.82 Å². The van der Waals surface area contributed by atoms with Gasteiger partial charge in [-0.2, -0.15) is 0 Å². The van der Waals surface area contributed by atoms with Crippen molar-refractivity contribution in [2.75, 3.05) is 6.54 Å². The molecule has 148 valence electrons. The molecule has 5 heteroatoms. The number of hydrogen-bond acceptors (Lipinski definition) is 3. The molecule has 1 aliphatic carbocycles. The molecule has 1 saturated carbocycles. The summed E-state index contributed by atoms with van der Waals surface area (Å²) in [5.41, 5.74) is 1.08. The van der Waals surface area contributed by atoms with Crippen molar-refractivity contribution >= 4 is 5.91 Å². The molecule has 0 radical (unpaired) electrons. The molecule has 1 amide bonds. The fourth-order valence-corrected chi connectivity index (χ4v) is 4.12. The lowest BCUT2D eigenvalue weighted by atomic mass is 9.79. The van der Waals surface area contributed by atoms with Crippen molar-refractivity contribution in [1.82, 2.24) is 10.2 Å². The van der Waals surface area contributed by atoms with E-state index in [2.05, 4.69) is 10.2 Å². The van der Waals surface area contributed by atoms with Crippen molar-refractivity contribution in [3.05, 3.63) is 71.5 Å². The molecule has 3 atom stereocenters. The predicted octanol–water partition coefficient (Wildman–Crippen LogP) is 3.42. The minimum Gasteiger partial charge on any atom is -0.388 e. The third-order valence-electron chi connectivity index (χ3n) is 5.97. The molecule has 2 N–H and O–H groups in total. The highest BCUT2D eigenvalue weighted by Gasteiger charge is 2.47. The van der Waals surface area contributed by atoms with Crippen LogP contribution in [0.3, 0.4) is 0 Å². The molecule has 0 spiro atoms. The van der Waals surface area contributed by atoms with E-state index in [4.69, 9.17) is 0 Å². The summed E-state index contributed by atoms with van der Waals surface area (Å²) in [5, 5.41) is 14.3. The van der Waals surface area contributed by atoms with Crippen LogP contribution in [-0.2, 0) is 11.3 Å². The summed E-state index contributed by atoms with van der Waals surface area (Å²) in [5.74, 6) is -0.131. The largest absolute Gasteiger partial charge is 0.388 e. The van der Waals surface area contributed by atoms with Gasteiger partial charge in [0, 0.05) is 19.0 Å². The van der Waals surface area contributed by atoms with Gasteiger partial charge in [0.05, 0.1) is 17.7 Å². The Morgan fingerprint density at radius 3 is 2.50 bits per heavy atom. The number of rotatable bonds is 5. The maximum absolute atomic E-state index is 13.3. The Morgan fingerprint density at radius 2 is 1.86 bits per heavy atom. The van der Waals surface area contributed by atoms with Crippen molar-refractivity contribution < 1.29 is 14.3 Å². The number of nitrogens with zero attached hydrogens (tertiary/aromatic N) is 1. The van der Waals surface area contributed by atoms with Crippen molar-refractivity contribution in [2.24, 2.45) is 5.92 Å². The highest BCUT2D eigenvalue weighted by atomic mass is 19.1. The van der Waals surface area contributed by atoms with E-state index in [1.54, 1.807) is 12.1 Å². The van der Waals surface area contributed by atoms with Crippen molar-refractivity contribution in [3.8, 4) is 0 Å². The molecule has 2 aromatic carbocycles. The number of benzene rings is 2. The van der Waals surface area contributed by atoms with Crippen LogP contribution in [0.15, 0.2) is 54.6 Å². The number of piperidine rings is 1. The van der Waals surface area contributed by atoms with E-state index < -0.39 is 11.6 Å². The van der Waals surface area contributed by atoms with Crippen LogP contribution in [0.2, 0.25) is 0 Å². The second-order valence-electron chi connectivity index (χ2n) is 8.32. The van der Waals surface area contributed by atoms with Crippen LogP contribution in [0.25, 0.3) is 0 Å². The first kappa shape index (κ1) is 19.1. The first-order valence-corrected chi connectivity index (χ1v) is 10.0. The topological polar surface area (TPSA) is 52.6 Å². The summed E-state index contributed by atoms with van der Waals surface area (Å²) >= 11 is 0. The number of halogens is 1. The van der Waals surface area contributed by atoms with E-state index in [1.807, 2.05) is 37.3 Å². The third-order valence-corrected chi connectivity index (χ3v) is 5.97. The first-order valence-electron chi connectivity index (χ1n) is 10.0. The highest BCUT2D eigenvalue weighted by molar-refractivity contribution is 5.81. The molecule has 2 fully saturated rings. The van der Waals surface area contributed by atoms with Gasteiger partial charge >= 0.3 is 0 Å². The summed E-state index contributed by atoms with van der Waals surface area (Å²) in [4.78, 5) is 14.8. The third kappa shape index (κ3) is 4.10. The first-order chi connectivity index (χ1) is 13.4. The second kappa shape index (κ2) is 7.64. The van der Waals surface area contributed by atoms with E-state index >= 15 is 0 Å². The lowest BCUT2D eigenvalue weighted by Gasteiger charge is -2.49. The molecular formula is C23H27FN2O2. The Morgan fingerprint density at radius 1 is 1.18 bits per heavy atom. The SMILES string of the molecule is C[C@@]1(O)CCN(Cc2ccc(F)cc2)[C@@H](c2ccccc2)[C@@H]1NC(=O)C1CC1. The van der Waals surface area contributed by atoms with Gasteiger partial charge < -0.3 is 10.4 Å². The summed E-state index contributed by atoms with van der Waals surface area (Å²) in [7, 11) is 0. The molecule has 1 heterocycles. The molecule has 0 bridgehead atoms. The molecule has 1 aliphatic heterocycles. The molecule has 0 unspecified atom stereocenters. The van der Waals surface area contributed by atoms with Gasteiger partial charge in [0.15, 0.2) is 0 Å². The van der Waals surface area contributed by atoms with Crippen molar-refractivity contribution in [1.29, 1.82) is 0 Å². The van der Waals surface area contributed by atoms with Gasteiger partial charge in [0.25, 0.3) is 0 Å². The average molecular weight is 382 g/mol. The summed E-state index contributed by atoms with van der Waals surface area (Å²) in [6.45, 7) is 3.14. The molecular weight excluding hydrogens is 355 g/mol. The van der Waals surface area contributed by atoms with Gasteiger partial charge in [-0.05, 0) is 49.4 Å². The standard InChI is InChI=1S/C23H27FN2O2/c1-23(28)13-14-26(15-16-7-11-19(24)12-8-16)20(17-5-3-2-4-6-17)21(23)25-22(27)18-9-10-18/h2-8,11-12,18,20-21,28H,9-10,13-15H2,1H3,(H,25,27)/t20-,21-,23+/m0/s1. The van der Waals surface area contributed by atoms with Gasteiger partial charge in [-0.25, -0.2) is 4.39 Å². The fraction of sp³-hybridized carbons (Fsp3) is 0.435. The number of amides is 1. The van der Waals surface area contributed by atoms with Crippen LogP contribution < -0.4 is 5.32 Å². The maximum Gasteiger partial charge on any atom is 0.223 e. The number of aliphatic hydroxyl groups is 1. The lowest BCUT2D eigenvalue weighted by molar-refractivity contribution is -0.130. The second-order valence-corrected chi connectivity index (χ2v) is 8.32. The Labute approximate surface area is 165 Å². The lowest BCUT2D eigenvalue weighted by Crippen LogP contribution is -2.62. The van der Waals surface area contributed by atoms with Crippen LogP contribution in [0, 0.1) is 11.7 Å². The fourth-order valence-electron chi connectivity index (χ4n) is 4.12. The quantitative estimate of drug-likeness (QED) is 0.833. The van der Waals surface area contributed by atoms with E-state index in [0.29, 0.717) is 19.5 Å². The van der Waals surface area contributed by atoms with Crippen LogP contribution >= 0.6 is 0 Å². The van der Waals surface area contributed by atoms with E-state index in [-0.39, 0.29) is 23.7 Å². The Kier molecular flexibility index (Phi) is 5.21. The number of hydrogen-bond donors (Lipinski definition) is 2. The maximum atomic E-state index is 13.3. The monoisotopic (exact) mass is 382 g/mol. The number of carbonyl (C=O) groups is 1. The van der Waals surface area contributed by atoms with Gasteiger partial charge in [0.2, 0.25) is 5.91 Å². The van der Waals surface area contributed by atoms with E-state index in [9.17, 15) is 14.3 Å². The summed E-state index contributed by atoms with van der Waals surface area (Å²) in [6, 6.07) is 16.0. The molecule has 1 saturated heterocycles. The van der Waals surface area contributed by atoms with Crippen molar-refractivity contribution in [3.63, 3.8) is 0 Å². The molecule has 0 aromatic heterocycles. The van der Waals surface area contributed by atoms with Crippen LogP contribution in [0.4, 0.5) is 4.39 Å². The Bertz CT molecular complexity index is 818. The van der Waals surface area contributed by atoms with E-state index in [0.717, 1.165) is 24.0 Å². The molecule has 4 rings (SSSR count). The van der Waals surface area contributed by atoms with Gasteiger partial charge in [-0.1, -0.05) is 42.5 Å². The average Bonchev–Trinajstić information content (AvgIpc) is 3.52. The minimum absolute atomic E-state index is 0.0369. The predicted molar refractivity (Wildman–Crippen MR) is 106 cm³/mol. The number of likely N-dealkylation sites (tertiary alicyclic amines) is 1. The zero-order valence-corrected chi connectivity index (χ0v) is 16.1. The summed E-state index contributed by atoms with van der Waals surface area (Å²) < 4.78 is 13.3. The van der Waals surface area contributed by atoms with Crippen molar-refractivity contribution in [2.45, 2.75) is 50.4 Å². The molecule has 28 heavy (non-hydrogen) atoms. The normalized spacial score (nSPS) is 28.1. The van der Waals surface area contributed by atoms with Crippen LogP contribution in [0.5, 0.6) is 0 Å². The molecule has 2 aromatic rings. The number of nitrogens with one attached hydrogen (secondary N) is 1. The van der Waals surface area contributed by atoms with E-state index in [1.165, 1.54) is 12.1 Å². The van der Waals surface area contributed by atoms with Crippen LogP contribution in [-0.4, -0.2) is 34.1 Å². The summed E-state index contributed by atoms with van der Waals surface area (Å²) in [6.07, 6.45) is 2.42. The van der Waals surface area contributed by atoms with Crippen LogP contribution in [0.1, 0.15) is 43.4 Å². The zero-order chi connectivity index (χ0) is 19.7. The Balaban J connectivity index is 1.66. The molecule has 4 nitrogen and oxygen atoms in total. The number of carbonyl (C=O) groups excluding carboxylic acids is 1. The smallest absolute Gasteiger partial charge is 0.223 e. The Hall–Kier alpha value is -2.24.